The highest BCUT2D eigenvalue weighted by Gasteiger charge is 2.26. The van der Waals surface area contributed by atoms with Crippen molar-refractivity contribution in [2.45, 2.75) is 0 Å². The van der Waals surface area contributed by atoms with Crippen molar-refractivity contribution in [3.63, 3.8) is 0 Å². The molecule has 4 heteroatoms. The fraction of sp³-hybridized carbons (Fsp3) is 0.273. The van der Waals surface area contributed by atoms with Crippen molar-refractivity contribution in [1.82, 2.24) is 4.90 Å². The summed E-state index contributed by atoms with van der Waals surface area (Å²) in [6.45, 7) is 1.40. The van der Waals surface area contributed by atoms with Gasteiger partial charge < -0.3 is 4.90 Å². The number of likely N-dealkylation sites (N-methyl/N-ethyl adjacent to an activating group) is 1. The number of hydrogen-bond acceptors (Lipinski definition) is 2. The highest BCUT2D eigenvalue weighted by molar-refractivity contribution is 5.94. The quantitative estimate of drug-likeness (QED) is 0.683. The third-order valence-corrected chi connectivity index (χ3v) is 2.53. The van der Waals surface area contributed by atoms with E-state index >= 15 is 0 Å². The summed E-state index contributed by atoms with van der Waals surface area (Å²) < 4.78 is 0. The molecule has 0 bridgehead atoms. The highest BCUT2D eigenvalue weighted by Crippen LogP contribution is 2.19. The summed E-state index contributed by atoms with van der Waals surface area (Å²) in [7, 11) is 1.77. The predicted molar refractivity (Wildman–Crippen MR) is 57.2 cm³/mol. The molecular formula is C11H12N2O2. The zero-order valence-electron chi connectivity index (χ0n) is 8.51. The van der Waals surface area contributed by atoms with E-state index in [0.717, 1.165) is 18.5 Å². The van der Waals surface area contributed by atoms with Gasteiger partial charge in [-0.1, -0.05) is 12.1 Å². The average molecular weight is 204 g/mol. The van der Waals surface area contributed by atoms with Gasteiger partial charge in [0.05, 0.1) is 0 Å². The number of urea groups is 1. The third kappa shape index (κ3) is 1.70. The lowest BCUT2D eigenvalue weighted by molar-refractivity contribution is 0.112. The van der Waals surface area contributed by atoms with E-state index in [1.165, 1.54) is 0 Å². The summed E-state index contributed by atoms with van der Waals surface area (Å²) in [5, 5.41) is 0. The van der Waals surface area contributed by atoms with Crippen LogP contribution >= 0.6 is 0 Å². The summed E-state index contributed by atoms with van der Waals surface area (Å²) in [6.07, 6.45) is 0.785. The lowest BCUT2D eigenvalue weighted by atomic mass is 10.2. The minimum Gasteiger partial charge on any atom is -0.326 e. The molecule has 1 saturated heterocycles. The fourth-order valence-electron chi connectivity index (χ4n) is 1.65. The van der Waals surface area contributed by atoms with Crippen LogP contribution in [-0.2, 0) is 0 Å². The van der Waals surface area contributed by atoms with Crippen LogP contribution < -0.4 is 4.90 Å². The lowest BCUT2D eigenvalue weighted by Crippen LogP contribution is -2.29. The lowest BCUT2D eigenvalue weighted by Gasteiger charge is -2.16. The first-order valence-corrected chi connectivity index (χ1v) is 4.80. The molecule has 1 aliphatic rings. The van der Waals surface area contributed by atoms with E-state index in [4.69, 9.17) is 0 Å². The molecule has 2 rings (SSSR count). The van der Waals surface area contributed by atoms with Crippen LogP contribution in [0.4, 0.5) is 10.5 Å². The zero-order chi connectivity index (χ0) is 10.8. The first-order valence-electron chi connectivity index (χ1n) is 4.80. The molecule has 0 N–H and O–H groups in total. The van der Waals surface area contributed by atoms with Crippen molar-refractivity contribution in [2.75, 3.05) is 25.0 Å². The van der Waals surface area contributed by atoms with Crippen LogP contribution in [0.5, 0.6) is 0 Å². The molecule has 78 valence electrons. The third-order valence-electron chi connectivity index (χ3n) is 2.53. The van der Waals surface area contributed by atoms with Crippen molar-refractivity contribution < 1.29 is 9.59 Å². The van der Waals surface area contributed by atoms with E-state index in [1.54, 1.807) is 35.0 Å². The Bertz CT molecular complexity index is 403. The van der Waals surface area contributed by atoms with Crippen LogP contribution in [0.2, 0.25) is 0 Å². The van der Waals surface area contributed by atoms with Crippen molar-refractivity contribution in [2.24, 2.45) is 0 Å². The van der Waals surface area contributed by atoms with E-state index in [1.807, 2.05) is 6.07 Å². The van der Waals surface area contributed by atoms with Gasteiger partial charge in [0.25, 0.3) is 0 Å². The van der Waals surface area contributed by atoms with Gasteiger partial charge in [-0.05, 0) is 12.1 Å². The monoisotopic (exact) mass is 204 g/mol. The van der Waals surface area contributed by atoms with Crippen LogP contribution in [0, 0.1) is 0 Å². The number of anilines is 1. The smallest absolute Gasteiger partial charge is 0.324 e. The number of rotatable bonds is 2. The van der Waals surface area contributed by atoms with Crippen molar-refractivity contribution >= 4 is 18.0 Å². The maximum absolute atomic E-state index is 11.7. The maximum Gasteiger partial charge on any atom is 0.324 e. The molecule has 1 aromatic carbocycles. The molecule has 4 nitrogen and oxygen atoms in total. The topological polar surface area (TPSA) is 40.6 Å². The second-order valence-electron chi connectivity index (χ2n) is 3.57. The molecule has 1 aliphatic heterocycles. The summed E-state index contributed by atoms with van der Waals surface area (Å²) >= 11 is 0. The Hall–Kier alpha value is -1.84. The van der Waals surface area contributed by atoms with Gasteiger partial charge in [0.2, 0.25) is 0 Å². The molecule has 0 saturated carbocycles. The largest absolute Gasteiger partial charge is 0.326 e. The zero-order valence-corrected chi connectivity index (χ0v) is 8.51. The minimum atomic E-state index is -0.0157. The number of benzene rings is 1. The van der Waals surface area contributed by atoms with E-state index in [0.29, 0.717) is 12.1 Å². The number of nitrogens with zero attached hydrogens (tertiary/aromatic N) is 2. The summed E-state index contributed by atoms with van der Waals surface area (Å²) in [4.78, 5) is 25.6. The van der Waals surface area contributed by atoms with Crippen molar-refractivity contribution in [3.05, 3.63) is 29.8 Å². The molecule has 2 amide bonds. The maximum atomic E-state index is 11.7. The Morgan fingerprint density at radius 1 is 1.33 bits per heavy atom. The van der Waals surface area contributed by atoms with Crippen LogP contribution in [0.15, 0.2) is 24.3 Å². The number of carbonyl (C=O) groups is 2. The molecule has 0 spiro atoms. The van der Waals surface area contributed by atoms with Gasteiger partial charge in [0.15, 0.2) is 0 Å². The predicted octanol–water partition coefficient (Wildman–Crippen LogP) is 1.37. The molecule has 1 aromatic rings. The normalized spacial score (nSPS) is 15.9. The molecule has 0 aliphatic carbocycles. The highest BCUT2D eigenvalue weighted by atomic mass is 16.2. The van der Waals surface area contributed by atoms with Gasteiger partial charge in [-0.2, -0.15) is 0 Å². The summed E-state index contributed by atoms with van der Waals surface area (Å²) in [5.74, 6) is 0. The molecule has 0 atom stereocenters. The van der Waals surface area contributed by atoms with Crippen LogP contribution in [0.1, 0.15) is 10.4 Å². The first kappa shape index (κ1) is 9.71. The number of hydrogen-bond donors (Lipinski definition) is 0. The molecule has 15 heavy (non-hydrogen) atoms. The Morgan fingerprint density at radius 2 is 2.13 bits per heavy atom. The molecule has 1 fully saturated rings. The second kappa shape index (κ2) is 3.73. The van der Waals surface area contributed by atoms with E-state index in [2.05, 4.69) is 0 Å². The second-order valence-corrected chi connectivity index (χ2v) is 3.57. The Balaban J connectivity index is 2.30. The number of carbonyl (C=O) groups excluding carboxylic acids is 2. The van der Waals surface area contributed by atoms with Gasteiger partial charge in [-0.3, -0.25) is 9.69 Å². The minimum absolute atomic E-state index is 0.0157. The van der Waals surface area contributed by atoms with Crippen molar-refractivity contribution in [1.29, 1.82) is 0 Å². The number of aldehydes is 1. The van der Waals surface area contributed by atoms with Gasteiger partial charge in [-0.25, -0.2) is 4.79 Å². The van der Waals surface area contributed by atoms with Gasteiger partial charge in [0.1, 0.15) is 6.29 Å². The fourth-order valence-corrected chi connectivity index (χ4v) is 1.65. The van der Waals surface area contributed by atoms with Crippen LogP contribution in [-0.4, -0.2) is 37.4 Å². The summed E-state index contributed by atoms with van der Waals surface area (Å²) in [6, 6.07) is 7.05. The first-order chi connectivity index (χ1) is 7.22. The molecule has 1 heterocycles. The Morgan fingerprint density at radius 3 is 2.73 bits per heavy atom. The molecular weight excluding hydrogens is 192 g/mol. The Labute approximate surface area is 88.1 Å². The van der Waals surface area contributed by atoms with Gasteiger partial charge in [0, 0.05) is 31.4 Å². The van der Waals surface area contributed by atoms with Crippen LogP contribution in [0.25, 0.3) is 0 Å². The van der Waals surface area contributed by atoms with Crippen molar-refractivity contribution in [3.8, 4) is 0 Å². The standard InChI is InChI=1S/C11H12N2O2/c1-12-5-6-13(11(12)15)10-4-2-3-9(7-10)8-14/h2-4,7-8H,5-6H2,1H3. The van der Waals surface area contributed by atoms with Crippen LogP contribution in [0.3, 0.4) is 0 Å². The Kier molecular flexibility index (Phi) is 2.41. The van der Waals surface area contributed by atoms with E-state index in [9.17, 15) is 9.59 Å². The molecule has 0 unspecified atom stereocenters. The average Bonchev–Trinajstić information content (AvgIpc) is 2.60. The molecule has 0 radical (unpaired) electrons. The van der Waals surface area contributed by atoms with E-state index < -0.39 is 0 Å². The molecule has 0 aromatic heterocycles. The van der Waals surface area contributed by atoms with Gasteiger partial charge in [-0.15, -0.1) is 0 Å². The SMILES string of the molecule is CN1CCN(c2cccc(C=O)c2)C1=O. The summed E-state index contributed by atoms with van der Waals surface area (Å²) in [5.41, 5.74) is 1.38. The van der Waals surface area contributed by atoms with Gasteiger partial charge >= 0.3 is 6.03 Å². The number of amides is 2. The van der Waals surface area contributed by atoms with E-state index in [-0.39, 0.29) is 6.03 Å².